The molecule has 0 radical (unpaired) electrons. The van der Waals surface area contributed by atoms with Gasteiger partial charge in [0.25, 0.3) is 0 Å². The van der Waals surface area contributed by atoms with Crippen LogP contribution in [-0.4, -0.2) is 26.5 Å². The molecule has 0 saturated carbocycles. The van der Waals surface area contributed by atoms with Crippen molar-refractivity contribution in [3.05, 3.63) is 29.0 Å². The lowest BCUT2D eigenvalue weighted by molar-refractivity contribution is -0.120. The zero-order chi connectivity index (χ0) is 18.1. The van der Waals surface area contributed by atoms with Crippen molar-refractivity contribution in [2.45, 2.75) is 41.5 Å². The van der Waals surface area contributed by atoms with Crippen molar-refractivity contribution in [1.29, 1.82) is 0 Å². The van der Waals surface area contributed by atoms with Crippen LogP contribution in [0.2, 0.25) is 0 Å². The molecule has 0 N–H and O–H groups in total. The lowest BCUT2D eigenvalue weighted by Crippen LogP contribution is -2.36. The van der Waals surface area contributed by atoms with Crippen molar-refractivity contribution in [2.75, 3.05) is 0 Å². The highest BCUT2D eigenvalue weighted by atomic mass is 16.1. The van der Waals surface area contributed by atoms with E-state index in [-0.39, 0.29) is 11.6 Å². The predicted octanol–water partition coefficient (Wildman–Crippen LogP) is 1.82. The molecule has 24 heavy (non-hydrogen) atoms. The van der Waals surface area contributed by atoms with Gasteiger partial charge in [-0.25, -0.2) is 15.0 Å². The molecule has 0 bridgehead atoms. The fourth-order valence-electron chi connectivity index (χ4n) is 1.81. The number of ketones is 2. The van der Waals surface area contributed by atoms with E-state index in [0.717, 1.165) is 0 Å². The molecular formula is C19H23N3O2. The SMILES string of the molecule is CC(C)(C)C(=O)/C=c1\nc2cccnc2n\c1=C/C(=O)C(C)(C)C. The zero-order valence-corrected chi connectivity index (χ0v) is 15.0. The molecular weight excluding hydrogens is 302 g/mol. The monoisotopic (exact) mass is 325 g/mol. The van der Waals surface area contributed by atoms with Crippen LogP contribution in [0.5, 0.6) is 0 Å². The van der Waals surface area contributed by atoms with Gasteiger partial charge in [0, 0.05) is 29.2 Å². The third-order valence-electron chi connectivity index (χ3n) is 3.51. The predicted molar refractivity (Wildman–Crippen MR) is 94.4 cm³/mol. The summed E-state index contributed by atoms with van der Waals surface area (Å²) in [6.45, 7) is 11.0. The van der Waals surface area contributed by atoms with Gasteiger partial charge in [0.1, 0.15) is 5.52 Å². The Kier molecular flexibility index (Phi) is 4.65. The fourth-order valence-corrected chi connectivity index (χ4v) is 1.81. The van der Waals surface area contributed by atoms with E-state index in [0.29, 0.717) is 21.9 Å². The minimum Gasteiger partial charge on any atom is -0.294 e. The Morgan fingerprint density at radius 3 is 1.88 bits per heavy atom. The Morgan fingerprint density at radius 2 is 1.38 bits per heavy atom. The summed E-state index contributed by atoms with van der Waals surface area (Å²) in [5, 5.41) is 0.770. The Labute approximate surface area is 141 Å². The van der Waals surface area contributed by atoms with Gasteiger partial charge < -0.3 is 0 Å². The first-order chi connectivity index (χ1) is 11.0. The normalized spacial score (nSPS) is 14.2. The molecule has 5 nitrogen and oxygen atoms in total. The van der Waals surface area contributed by atoms with Crippen molar-refractivity contribution in [3.63, 3.8) is 0 Å². The molecule has 0 aliphatic rings. The van der Waals surface area contributed by atoms with Crippen LogP contribution < -0.4 is 10.7 Å². The number of fused-ring (bicyclic) bond motifs is 1. The number of rotatable bonds is 2. The number of nitrogens with zero attached hydrogens (tertiary/aromatic N) is 3. The number of carbonyl (C=O) groups excluding carboxylic acids is 2. The number of pyridine rings is 1. The highest BCUT2D eigenvalue weighted by Crippen LogP contribution is 2.15. The lowest BCUT2D eigenvalue weighted by Gasteiger charge is -2.13. The summed E-state index contributed by atoms with van der Waals surface area (Å²) in [6.07, 6.45) is 4.53. The molecule has 0 saturated heterocycles. The Hall–Kier alpha value is -2.43. The van der Waals surface area contributed by atoms with Crippen molar-refractivity contribution < 1.29 is 9.59 Å². The number of aromatic nitrogens is 3. The molecule has 2 rings (SSSR count). The fraction of sp³-hybridized carbons (Fsp3) is 0.421. The summed E-state index contributed by atoms with van der Waals surface area (Å²) >= 11 is 0. The molecule has 2 heterocycles. The molecule has 2 aromatic rings. The van der Waals surface area contributed by atoms with Crippen LogP contribution in [0.4, 0.5) is 0 Å². The van der Waals surface area contributed by atoms with Crippen LogP contribution in [0.1, 0.15) is 41.5 Å². The molecule has 126 valence electrons. The van der Waals surface area contributed by atoms with Gasteiger partial charge in [-0.05, 0) is 12.1 Å². The summed E-state index contributed by atoms with van der Waals surface area (Å²) < 4.78 is 0. The maximum absolute atomic E-state index is 12.4. The highest BCUT2D eigenvalue weighted by Gasteiger charge is 2.20. The van der Waals surface area contributed by atoms with Crippen molar-refractivity contribution in [1.82, 2.24) is 15.0 Å². The van der Waals surface area contributed by atoms with E-state index in [9.17, 15) is 9.59 Å². The maximum Gasteiger partial charge on any atom is 0.178 e. The van der Waals surface area contributed by atoms with E-state index in [1.807, 2.05) is 41.5 Å². The van der Waals surface area contributed by atoms with Gasteiger partial charge in [-0.3, -0.25) is 9.59 Å². The maximum atomic E-state index is 12.4. The van der Waals surface area contributed by atoms with E-state index in [4.69, 9.17) is 0 Å². The summed E-state index contributed by atoms with van der Waals surface area (Å²) in [5.41, 5.74) is -0.0280. The van der Waals surface area contributed by atoms with Crippen molar-refractivity contribution >= 4 is 34.9 Å². The Bertz CT molecular complexity index is 840. The van der Waals surface area contributed by atoms with Gasteiger partial charge in [0.05, 0.1) is 10.7 Å². The third kappa shape index (κ3) is 4.10. The van der Waals surface area contributed by atoms with Gasteiger partial charge in [0.2, 0.25) is 0 Å². The molecule has 0 aliphatic carbocycles. The minimum absolute atomic E-state index is 0.0714. The van der Waals surface area contributed by atoms with Crippen LogP contribution in [0.3, 0.4) is 0 Å². The largest absolute Gasteiger partial charge is 0.294 e. The van der Waals surface area contributed by atoms with Gasteiger partial charge in [-0.1, -0.05) is 41.5 Å². The van der Waals surface area contributed by atoms with Crippen LogP contribution in [-0.2, 0) is 9.59 Å². The number of hydrogen-bond donors (Lipinski definition) is 0. The average molecular weight is 325 g/mol. The van der Waals surface area contributed by atoms with Crippen LogP contribution in [0, 0.1) is 10.8 Å². The van der Waals surface area contributed by atoms with Crippen LogP contribution >= 0.6 is 0 Å². The topological polar surface area (TPSA) is 72.8 Å². The lowest BCUT2D eigenvalue weighted by atomic mass is 9.90. The first-order valence-electron chi connectivity index (χ1n) is 7.89. The quantitative estimate of drug-likeness (QED) is 0.842. The third-order valence-corrected chi connectivity index (χ3v) is 3.51. The summed E-state index contributed by atoms with van der Waals surface area (Å²) in [6, 6.07) is 3.54. The van der Waals surface area contributed by atoms with Crippen LogP contribution in [0.15, 0.2) is 18.3 Å². The second kappa shape index (κ2) is 6.23. The van der Waals surface area contributed by atoms with Gasteiger partial charge in [-0.2, -0.15) is 0 Å². The van der Waals surface area contributed by atoms with Gasteiger partial charge >= 0.3 is 0 Å². The molecule has 0 aliphatic heterocycles. The molecule has 5 heteroatoms. The minimum atomic E-state index is -0.536. The van der Waals surface area contributed by atoms with Gasteiger partial charge in [-0.15, -0.1) is 0 Å². The van der Waals surface area contributed by atoms with Crippen molar-refractivity contribution in [3.8, 4) is 0 Å². The van der Waals surface area contributed by atoms with E-state index >= 15 is 0 Å². The van der Waals surface area contributed by atoms with E-state index in [1.165, 1.54) is 12.2 Å². The smallest absolute Gasteiger partial charge is 0.178 e. The summed E-state index contributed by atoms with van der Waals surface area (Å²) in [7, 11) is 0. The van der Waals surface area contributed by atoms with E-state index in [1.54, 1.807) is 18.3 Å². The van der Waals surface area contributed by atoms with E-state index < -0.39 is 10.8 Å². The molecule has 0 unspecified atom stereocenters. The van der Waals surface area contributed by atoms with Crippen molar-refractivity contribution in [2.24, 2.45) is 10.8 Å². The Balaban J connectivity index is 2.79. The number of Topliss-reactive ketones (excluding diaryl/α,β-unsaturated/α-hetero) is 2. The molecule has 2 aromatic heterocycles. The average Bonchev–Trinajstić information content (AvgIpc) is 2.45. The second-order valence-corrected chi connectivity index (χ2v) is 7.86. The molecule has 0 atom stereocenters. The Morgan fingerprint density at radius 1 is 0.875 bits per heavy atom. The molecule has 0 amide bonds. The summed E-state index contributed by atoms with van der Waals surface area (Å²) in [4.78, 5) is 37.8. The van der Waals surface area contributed by atoms with Gasteiger partial charge in [0.15, 0.2) is 17.2 Å². The molecule has 0 spiro atoms. The summed E-state index contributed by atoms with van der Waals surface area (Å²) in [5.74, 6) is -0.150. The van der Waals surface area contributed by atoms with E-state index in [2.05, 4.69) is 15.0 Å². The van der Waals surface area contributed by atoms with Crippen LogP contribution in [0.25, 0.3) is 23.3 Å². The number of carbonyl (C=O) groups is 2. The molecule has 0 aromatic carbocycles. The standard InChI is InChI=1S/C19H23N3O2/c1-18(2,3)15(23)10-13-14(11-16(24)19(4,5)6)22-17-12(21-13)8-7-9-20-17/h7-11H,1-6H3/b13-10-,14-11-. The second-order valence-electron chi connectivity index (χ2n) is 7.86. The highest BCUT2D eigenvalue weighted by molar-refractivity contribution is 6.10. The number of hydrogen-bond acceptors (Lipinski definition) is 5. The first kappa shape index (κ1) is 17.9. The zero-order valence-electron chi connectivity index (χ0n) is 15.0. The molecule has 0 fully saturated rings. The first-order valence-corrected chi connectivity index (χ1v) is 7.89.